The lowest BCUT2D eigenvalue weighted by molar-refractivity contribution is 0.0548. The Bertz CT molecular complexity index is 857. The van der Waals surface area contributed by atoms with E-state index in [0.717, 1.165) is 11.3 Å². The van der Waals surface area contributed by atoms with Crippen molar-refractivity contribution in [2.45, 2.75) is 18.9 Å². The smallest absolute Gasteiger partial charge is 0.410 e. The number of aryl methyl sites for hydroxylation is 1. The number of aromatic nitrogens is 3. The highest BCUT2D eigenvalue weighted by molar-refractivity contribution is 5.93. The third kappa shape index (κ3) is 2.46. The molecule has 132 valence electrons. The number of rotatable bonds is 2. The predicted molar refractivity (Wildman–Crippen MR) is 85.8 cm³/mol. The van der Waals surface area contributed by atoms with Crippen LogP contribution >= 0.6 is 0 Å². The molecular weight excluding hydrogens is 326 g/mol. The molecule has 2 aromatic rings. The average Bonchev–Trinajstić information content (AvgIpc) is 3.32. The summed E-state index contributed by atoms with van der Waals surface area (Å²) < 4.78 is 12.5. The van der Waals surface area contributed by atoms with Crippen LogP contribution in [-0.4, -0.2) is 69.0 Å². The first-order valence-electron chi connectivity index (χ1n) is 8.08. The van der Waals surface area contributed by atoms with E-state index in [9.17, 15) is 9.59 Å². The SMILES string of the molecule is Cc1c(-c2cc(C(=O)N3CCC4(CN(C)C(=O)O4)C3)no2)cnn1C. The van der Waals surface area contributed by atoms with Gasteiger partial charge in [0.1, 0.15) is 0 Å². The molecule has 9 nitrogen and oxygen atoms in total. The van der Waals surface area contributed by atoms with Crippen LogP contribution in [0.5, 0.6) is 0 Å². The standard InChI is InChI=1S/C16H19N5O4/c1-10-11(7-17-20(10)3)13-6-12(18-25-13)14(22)21-5-4-16(9-21)8-19(2)15(23)24-16/h6-7H,4-5,8-9H2,1-3H3. The summed E-state index contributed by atoms with van der Waals surface area (Å²) in [5, 5.41) is 8.08. The zero-order valence-electron chi connectivity index (χ0n) is 14.4. The van der Waals surface area contributed by atoms with Crippen molar-refractivity contribution in [3.8, 4) is 11.3 Å². The van der Waals surface area contributed by atoms with E-state index in [1.54, 1.807) is 28.9 Å². The summed E-state index contributed by atoms with van der Waals surface area (Å²) in [5.74, 6) is 0.286. The van der Waals surface area contributed by atoms with Crippen molar-refractivity contribution in [1.29, 1.82) is 0 Å². The largest absolute Gasteiger partial charge is 0.439 e. The van der Waals surface area contributed by atoms with Gasteiger partial charge in [0, 0.05) is 38.8 Å². The molecule has 2 aromatic heterocycles. The topological polar surface area (TPSA) is 93.7 Å². The Kier molecular flexibility index (Phi) is 3.34. The molecule has 0 radical (unpaired) electrons. The molecule has 1 spiro atoms. The van der Waals surface area contributed by atoms with E-state index in [0.29, 0.717) is 31.8 Å². The number of nitrogens with zero attached hydrogens (tertiary/aromatic N) is 5. The van der Waals surface area contributed by atoms with Crippen LogP contribution < -0.4 is 0 Å². The zero-order chi connectivity index (χ0) is 17.8. The Balaban J connectivity index is 1.51. The number of carbonyl (C=O) groups excluding carboxylic acids is 2. The van der Waals surface area contributed by atoms with E-state index in [-0.39, 0.29) is 17.7 Å². The van der Waals surface area contributed by atoms with Crippen molar-refractivity contribution in [3.05, 3.63) is 23.7 Å². The number of hydrogen-bond donors (Lipinski definition) is 0. The van der Waals surface area contributed by atoms with E-state index in [1.165, 1.54) is 4.90 Å². The summed E-state index contributed by atoms with van der Waals surface area (Å²) >= 11 is 0. The van der Waals surface area contributed by atoms with Crippen LogP contribution in [0.15, 0.2) is 16.8 Å². The van der Waals surface area contributed by atoms with Crippen LogP contribution in [0.25, 0.3) is 11.3 Å². The fraction of sp³-hybridized carbons (Fsp3) is 0.500. The maximum Gasteiger partial charge on any atom is 0.410 e. The maximum atomic E-state index is 12.7. The molecule has 2 amide bonds. The second-order valence-electron chi connectivity index (χ2n) is 6.73. The first kappa shape index (κ1) is 15.7. The first-order chi connectivity index (χ1) is 11.9. The normalized spacial score (nSPS) is 22.9. The predicted octanol–water partition coefficient (Wildman–Crippen LogP) is 1.05. The fourth-order valence-corrected chi connectivity index (χ4v) is 3.43. The number of amides is 2. The second kappa shape index (κ2) is 5.33. The lowest BCUT2D eigenvalue weighted by Crippen LogP contribution is -2.39. The molecule has 9 heteroatoms. The maximum absolute atomic E-state index is 12.7. The molecule has 0 N–H and O–H groups in total. The summed E-state index contributed by atoms with van der Waals surface area (Å²) in [5.41, 5.74) is 1.37. The minimum atomic E-state index is -0.603. The highest BCUT2D eigenvalue weighted by atomic mass is 16.6. The van der Waals surface area contributed by atoms with E-state index in [2.05, 4.69) is 10.3 Å². The molecule has 2 fully saturated rings. The van der Waals surface area contributed by atoms with Gasteiger partial charge in [-0.3, -0.25) is 9.48 Å². The van der Waals surface area contributed by atoms with Gasteiger partial charge in [-0.1, -0.05) is 5.16 Å². The molecule has 25 heavy (non-hydrogen) atoms. The van der Waals surface area contributed by atoms with Crippen LogP contribution in [-0.2, 0) is 11.8 Å². The molecule has 0 aliphatic carbocycles. The van der Waals surface area contributed by atoms with E-state index in [4.69, 9.17) is 9.26 Å². The quantitative estimate of drug-likeness (QED) is 0.808. The summed E-state index contributed by atoms with van der Waals surface area (Å²) in [6.07, 6.45) is 1.97. The molecule has 2 aliphatic rings. The van der Waals surface area contributed by atoms with Gasteiger partial charge in [0.25, 0.3) is 5.91 Å². The Morgan fingerprint density at radius 2 is 2.12 bits per heavy atom. The van der Waals surface area contributed by atoms with Crippen molar-refractivity contribution in [2.24, 2.45) is 7.05 Å². The van der Waals surface area contributed by atoms with Gasteiger partial charge in [0.15, 0.2) is 17.1 Å². The summed E-state index contributed by atoms with van der Waals surface area (Å²) in [4.78, 5) is 27.5. The molecule has 4 rings (SSSR count). The van der Waals surface area contributed by atoms with E-state index >= 15 is 0 Å². The monoisotopic (exact) mass is 345 g/mol. The van der Waals surface area contributed by atoms with Gasteiger partial charge in [-0.25, -0.2) is 4.79 Å². The van der Waals surface area contributed by atoms with Gasteiger partial charge in [-0.05, 0) is 6.92 Å². The molecular formula is C16H19N5O4. The van der Waals surface area contributed by atoms with Gasteiger partial charge < -0.3 is 19.1 Å². The minimum absolute atomic E-state index is 0.223. The number of likely N-dealkylation sites (N-methyl/N-ethyl adjacent to an activating group) is 1. The Hall–Kier alpha value is -2.84. The molecule has 0 bridgehead atoms. The average molecular weight is 345 g/mol. The summed E-state index contributed by atoms with van der Waals surface area (Å²) in [6.45, 7) is 3.31. The van der Waals surface area contributed by atoms with Crippen molar-refractivity contribution in [1.82, 2.24) is 24.7 Å². The van der Waals surface area contributed by atoms with Crippen LogP contribution in [0, 0.1) is 6.92 Å². The molecule has 0 saturated carbocycles. The van der Waals surface area contributed by atoms with Crippen LogP contribution in [0.2, 0.25) is 0 Å². The third-order valence-corrected chi connectivity index (χ3v) is 4.97. The Morgan fingerprint density at radius 1 is 1.32 bits per heavy atom. The van der Waals surface area contributed by atoms with E-state index < -0.39 is 5.60 Å². The fourth-order valence-electron chi connectivity index (χ4n) is 3.43. The van der Waals surface area contributed by atoms with Crippen molar-refractivity contribution in [2.75, 3.05) is 26.7 Å². The lowest BCUT2D eigenvalue weighted by Gasteiger charge is -2.21. The summed E-state index contributed by atoms with van der Waals surface area (Å²) in [6, 6.07) is 1.63. The molecule has 2 saturated heterocycles. The number of likely N-dealkylation sites (tertiary alicyclic amines) is 1. The molecule has 1 unspecified atom stereocenters. The summed E-state index contributed by atoms with van der Waals surface area (Å²) in [7, 11) is 3.53. The lowest BCUT2D eigenvalue weighted by atomic mass is 10.0. The second-order valence-corrected chi connectivity index (χ2v) is 6.73. The molecule has 2 aliphatic heterocycles. The highest BCUT2D eigenvalue weighted by Gasteiger charge is 2.49. The van der Waals surface area contributed by atoms with Crippen LogP contribution in [0.4, 0.5) is 4.79 Å². The molecule has 0 aromatic carbocycles. The third-order valence-electron chi connectivity index (χ3n) is 4.97. The number of carbonyl (C=O) groups is 2. The van der Waals surface area contributed by atoms with Crippen LogP contribution in [0.3, 0.4) is 0 Å². The number of ether oxygens (including phenoxy) is 1. The van der Waals surface area contributed by atoms with Crippen molar-refractivity contribution < 1.29 is 18.8 Å². The van der Waals surface area contributed by atoms with Gasteiger partial charge in [0.05, 0.1) is 24.8 Å². The Labute approximate surface area is 144 Å². The Morgan fingerprint density at radius 3 is 2.76 bits per heavy atom. The molecule has 1 atom stereocenters. The van der Waals surface area contributed by atoms with Gasteiger partial charge in [-0.2, -0.15) is 5.10 Å². The minimum Gasteiger partial charge on any atom is -0.439 e. The zero-order valence-corrected chi connectivity index (χ0v) is 14.4. The number of hydrogen-bond acceptors (Lipinski definition) is 6. The van der Waals surface area contributed by atoms with E-state index in [1.807, 2.05) is 14.0 Å². The first-order valence-corrected chi connectivity index (χ1v) is 8.08. The van der Waals surface area contributed by atoms with Gasteiger partial charge in [0.2, 0.25) is 0 Å². The van der Waals surface area contributed by atoms with Crippen LogP contribution in [0.1, 0.15) is 22.6 Å². The highest BCUT2D eigenvalue weighted by Crippen LogP contribution is 2.32. The van der Waals surface area contributed by atoms with Crippen molar-refractivity contribution >= 4 is 12.0 Å². The van der Waals surface area contributed by atoms with Crippen molar-refractivity contribution in [3.63, 3.8) is 0 Å². The molecule has 4 heterocycles. The van der Waals surface area contributed by atoms with Gasteiger partial charge in [-0.15, -0.1) is 0 Å². The van der Waals surface area contributed by atoms with Gasteiger partial charge >= 0.3 is 6.09 Å².